The Hall–Kier alpha value is -3.89. The number of esters is 1. The van der Waals surface area contributed by atoms with E-state index >= 15 is 0 Å². The van der Waals surface area contributed by atoms with Crippen molar-refractivity contribution in [3.8, 4) is 11.5 Å². The summed E-state index contributed by atoms with van der Waals surface area (Å²) in [6, 6.07) is 12.5. The van der Waals surface area contributed by atoms with Crippen molar-refractivity contribution in [3.63, 3.8) is 0 Å². The molecule has 1 aliphatic rings. The number of benzene rings is 2. The molecule has 1 unspecified atom stereocenters. The van der Waals surface area contributed by atoms with Gasteiger partial charge in [-0.15, -0.1) is 11.3 Å². The number of methoxy groups -OCH3 is 1. The van der Waals surface area contributed by atoms with Crippen LogP contribution in [0.5, 0.6) is 11.5 Å². The van der Waals surface area contributed by atoms with Gasteiger partial charge in [-0.2, -0.15) is 5.10 Å². The molecule has 0 saturated carbocycles. The third-order valence-corrected chi connectivity index (χ3v) is 7.72. The van der Waals surface area contributed by atoms with Gasteiger partial charge in [0, 0.05) is 9.90 Å². The molecule has 0 aliphatic heterocycles. The van der Waals surface area contributed by atoms with Gasteiger partial charge in [-0.3, -0.25) is 9.59 Å². The predicted molar refractivity (Wildman–Crippen MR) is 155 cm³/mol. The number of hydrazone groups is 1. The maximum absolute atomic E-state index is 12.6. The average molecular weight is 584 g/mol. The molecule has 9 nitrogen and oxygen atoms in total. The molecule has 1 atom stereocenters. The molecule has 0 spiro atoms. The van der Waals surface area contributed by atoms with E-state index in [1.807, 2.05) is 12.1 Å². The minimum atomic E-state index is -0.972. The number of fused-ring (bicyclic) bond motifs is 1. The molecule has 2 N–H and O–H groups in total. The maximum atomic E-state index is 12.6. The first-order valence-corrected chi connectivity index (χ1v) is 14.0. The second-order valence-corrected chi connectivity index (χ2v) is 10.8. The number of carbonyl (C=O) groups is 3. The molecule has 11 heteroatoms. The second kappa shape index (κ2) is 13.5. The van der Waals surface area contributed by atoms with Gasteiger partial charge in [0.1, 0.15) is 11.6 Å². The highest BCUT2D eigenvalue weighted by atomic mass is 35.5. The van der Waals surface area contributed by atoms with Crippen LogP contribution in [0.1, 0.15) is 52.2 Å². The van der Waals surface area contributed by atoms with E-state index in [0.29, 0.717) is 45.2 Å². The zero-order valence-corrected chi connectivity index (χ0v) is 24.0. The largest absolute Gasteiger partial charge is 0.493 e. The lowest BCUT2D eigenvalue weighted by atomic mass is 9.88. The fourth-order valence-electron chi connectivity index (χ4n) is 4.26. The summed E-state index contributed by atoms with van der Waals surface area (Å²) in [5.74, 6) is -0.922. The molecule has 1 aliphatic carbocycles. The lowest BCUT2D eigenvalue weighted by Gasteiger charge is -2.18. The van der Waals surface area contributed by atoms with E-state index < -0.39 is 17.8 Å². The predicted octanol–water partition coefficient (Wildman–Crippen LogP) is 5.38. The number of carbonyl (C=O) groups excluding carboxylic acids is 3. The van der Waals surface area contributed by atoms with Crippen LogP contribution < -0.4 is 20.2 Å². The lowest BCUT2D eigenvalue weighted by molar-refractivity contribution is -0.136. The van der Waals surface area contributed by atoms with Crippen molar-refractivity contribution >= 4 is 51.9 Å². The summed E-state index contributed by atoms with van der Waals surface area (Å²) < 4.78 is 16.5. The van der Waals surface area contributed by atoms with Crippen LogP contribution in [0.25, 0.3) is 0 Å². The van der Waals surface area contributed by atoms with Gasteiger partial charge in [-0.05, 0) is 79.1 Å². The Labute approximate surface area is 241 Å². The molecule has 0 radical (unpaired) electrons. The molecule has 2 amide bonds. The molecular formula is C29H30ClN3O6S. The second-order valence-electron chi connectivity index (χ2n) is 9.26. The summed E-state index contributed by atoms with van der Waals surface area (Å²) in [4.78, 5) is 38.8. The van der Waals surface area contributed by atoms with Gasteiger partial charge < -0.3 is 19.5 Å². The number of halogens is 1. The van der Waals surface area contributed by atoms with Crippen LogP contribution in [-0.2, 0) is 33.8 Å². The zero-order chi connectivity index (χ0) is 28.6. The van der Waals surface area contributed by atoms with Crippen molar-refractivity contribution in [2.24, 2.45) is 11.0 Å². The Morgan fingerprint density at radius 3 is 2.62 bits per heavy atom. The highest BCUT2D eigenvalue weighted by Gasteiger charge is 2.30. The van der Waals surface area contributed by atoms with Crippen molar-refractivity contribution in [2.75, 3.05) is 19.0 Å². The van der Waals surface area contributed by atoms with Crippen molar-refractivity contribution in [1.29, 1.82) is 0 Å². The van der Waals surface area contributed by atoms with Crippen molar-refractivity contribution in [1.82, 2.24) is 5.43 Å². The molecule has 40 heavy (non-hydrogen) atoms. The molecule has 0 saturated heterocycles. The Bertz CT molecular complexity index is 1420. The number of thiophene rings is 1. The number of rotatable bonds is 9. The fourth-order valence-corrected chi connectivity index (χ4v) is 5.78. The normalized spacial score (nSPS) is 14.3. The van der Waals surface area contributed by atoms with Gasteiger partial charge >= 0.3 is 17.8 Å². The van der Waals surface area contributed by atoms with Gasteiger partial charge in [-0.25, -0.2) is 10.2 Å². The highest BCUT2D eigenvalue weighted by Crippen LogP contribution is 2.40. The van der Waals surface area contributed by atoms with Gasteiger partial charge in [-0.1, -0.05) is 30.7 Å². The van der Waals surface area contributed by atoms with E-state index in [1.165, 1.54) is 24.7 Å². The zero-order valence-electron chi connectivity index (χ0n) is 22.4. The number of anilines is 1. The summed E-state index contributed by atoms with van der Waals surface area (Å²) in [7, 11) is 1.52. The topological polar surface area (TPSA) is 115 Å². The van der Waals surface area contributed by atoms with Crippen LogP contribution in [0.3, 0.4) is 0 Å². The molecule has 0 fully saturated rings. The lowest BCUT2D eigenvalue weighted by Crippen LogP contribution is -2.32. The van der Waals surface area contributed by atoms with Crippen molar-refractivity contribution < 1.29 is 28.6 Å². The molecule has 4 rings (SSSR count). The summed E-state index contributed by atoms with van der Waals surface area (Å²) in [5, 5.41) is 7.44. The van der Waals surface area contributed by atoms with E-state index in [4.69, 9.17) is 25.8 Å². The van der Waals surface area contributed by atoms with E-state index in [9.17, 15) is 14.4 Å². The van der Waals surface area contributed by atoms with Gasteiger partial charge in [0.15, 0.2) is 11.5 Å². The van der Waals surface area contributed by atoms with Gasteiger partial charge in [0.2, 0.25) is 0 Å². The van der Waals surface area contributed by atoms with E-state index in [2.05, 4.69) is 22.8 Å². The first-order chi connectivity index (χ1) is 19.3. The third kappa shape index (κ3) is 7.19. The van der Waals surface area contributed by atoms with E-state index in [1.54, 1.807) is 37.3 Å². The standard InChI is InChI=1S/C29H30ClN3O6S/c1-4-38-29(36)25-21-11-5-17(2)13-24(21)40-28(25)32-26(34)27(35)33-31-15-19-8-12-22(23(14-19)37-3)39-16-18-6-9-20(30)10-7-18/h6-10,12,14-15,17H,4-5,11,13,16H2,1-3H3,(H,32,34)(H,33,35). The van der Waals surface area contributed by atoms with Gasteiger partial charge in [0.25, 0.3) is 0 Å². The first kappa shape index (κ1) is 29.1. The van der Waals surface area contributed by atoms with Crippen molar-refractivity contribution in [3.05, 3.63) is 74.6 Å². The van der Waals surface area contributed by atoms with Crippen LogP contribution in [0, 0.1) is 5.92 Å². The summed E-state index contributed by atoms with van der Waals surface area (Å²) in [5.41, 5.74) is 5.01. The van der Waals surface area contributed by atoms with Crippen molar-refractivity contribution in [2.45, 2.75) is 39.7 Å². The molecule has 2 aromatic carbocycles. The fraction of sp³-hybridized carbons (Fsp3) is 0.310. The number of hydrogen-bond donors (Lipinski definition) is 2. The first-order valence-electron chi connectivity index (χ1n) is 12.8. The molecule has 3 aromatic rings. The van der Waals surface area contributed by atoms with Crippen LogP contribution in [0.4, 0.5) is 5.00 Å². The minimum absolute atomic E-state index is 0.211. The van der Waals surface area contributed by atoms with Crippen LogP contribution in [-0.4, -0.2) is 37.7 Å². The average Bonchev–Trinajstić information content (AvgIpc) is 3.29. The van der Waals surface area contributed by atoms with Crippen LogP contribution in [0.2, 0.25) is 5.02 Å². The third-order valence-electron chi connectivity index (χ3n) is 6.30. The summed E-state index contributed by atoms with van der Waals surface area (Å²) in [6.07, 6.45) is 3.86. The molecular weight excluding hydrogens is 554 g/mol. The monoisotopic (exact) mass is 583 g/mol. The molecule has 1 aromatic heterocycles. The Morgan fingerprint density at radius 2 is 1.90 bits per heavy atom. The molecule has 1 heterocycles. The Kier molecular flexibility index (Phi) is 9.79. The maximum Gasteiger partial charge on any atom is 0.341 e. The van der Waals surface area contributed by atoms with Gasteiger partial charge in [0.05, 0.1) is 25.5 Å². The molecule has 0 bridgehead atoms. The number of nitrogens with zero attached hydrogens (tertiary/aromatic N) is 1. The van der Waals surface area contributed by atoms with Crippen LogP contribution in [0.15, 0.2) is 47.6 Å². The van der Waals surface area contributed by atoms with Crippen LogP contribution >= 0.6 is 22.9 Å². The summed E-state index contributed by atoms with van der Waals surface area (Å²) in [6.45, 7) is 4.41. The molecule has 210 valence electrons. The highest BCUT2D eigenvalue weighted by molar-refractivity contribution is 7.17. The smallest absolute Gasteiger partial charge is 0.341 e. The Morgan fingerprint density at radius 1 is 1.12 bits per heavy atom. The number of amides is 2. The SMILES string of the molecule is CCOC(=O)c1c(NC(=O)C(=O)NN=Cc2ccc(OCc3ccc(Cl)cc3)c(OC)c2)sc2c1CCC(C)C2. The Balaban J connectivity index is 1.38. The minimum Gasteiger partial charge on any atom is -0.493 e. The number of nitrogens with one attached hydrogen (secondary N) is 2. The number of ether oxygens (including phenoxy) is 3. The number of hydrogen-bond acceptors (Lipinski definition) is 8. The summed E-state index contributed by atoms with van der Waals surface area (Å²) >= 11 is 7.23. The van der Waals surface area contributed by atoms with E-state index in [-0.39, 0.29) is 6.61 Å². The quantitative estimate of drug-likeness (QED) is 0.151. The van der Waals surface area contributed by atoms with E-state index in [0.717, 1.165) is 35.3 Å².